The summed E-state index contributed by atoms with van der Waals surface area (Å²) in [6.45, 7) is 6.50. The second kappa shape index (κ2) is 4.97. The summed E-state index contributed by atoms with van der Waals surface area (Å²) in [5.74, 6) is 0.553. The van der Waals surface area contributed by atoms with Crippen LogP contribution in [0.1, 0.15) is 37.8 Å². The number of benzene rings is 1. The summed E-state index contributed by atoms with van der Waals surface area (Å²) in [7, 11) is 0. The minimum atomic E-state index is 0.109. The van der Waals surface area contributed by atoms with Crippen LogP contribution in [0.2, 0.25) is 0 Å². The van der Waals surface area contributed by atoms with E-state index in [0.29, 0.717) is 5.92 Å². The van der Waals surface area contributed by atoms with E-state index in [1.807, 2.05) is 13.0 Å². The van der Waals surface area contributed by atoms with E-state index in [9.17, 15) is 0 Å². The molecule has 0 radical (unpaired) electrons. The highest BCUT2D eigenvalue weighted by Crippen LogP contribution is 2.20. The summed E-state index contributed by atoms with van der Waals surface area (Å²) in [4.78, 5) is 0. The Morgan fingerprint density at radius 2 is 2.14 bits per heavy atom. The Kier molecular flexibility index (Phi) is 3.90. The molecule has 1 heteroatoms. The molecule has 0 heterocycles. The molecule has 1 aromatic rings. The number of rotatable bonds is 3. The van der Waals surface area contributed by atoms with Crippen LogP contribution in [0.5, 0.6) is 0 Å². The van der Waals surface area contributed by atoms with Gasteiger partial charge in [0.15, 0.2) is 0 Å². The molecule has 76 valence electrons. The molecule has 1 nitrogen and oxygen atoms in total. The highest BCUT2D eigenvalue weighted by atomic mass is 16.2. The Hall–Kier alpha value is -1.08. The fourth-order valence-corrected chi connectivity index (χ4v) is 1.40. The Labute approximate surface area is 86.1 Å². The zero-order chi connectivity index (χ0) is 10.6. The van der Waals surface area contributed by atoms with Crippen LogP contribution in [-0.2, 0) is 0 Å². The lowest BCUT2D eigenvalue weighted by molar-refractivity contribution is 0.343. The van der Waals surface area contributed by atoms with Crippen LogP contribution < -0.4 is 0 Å². The molecule has 0 spiro atoms. The van der Waals surface area contributed by atoms with E-state index in [1.165, 1.54) is 11.1 Å². The lowest BCUT2D eigenvalue weighted by Gasteiger charge is -2.08. The number of aliphatic hydroxyl groups excluding tert-OH is 1. The van der Waals surface area contributed by atoms with Crippen LogP contribution in [0, 0.1) is 0 Å². The fraction of sp³-hybridized carbons (Fsp3) is 0.385. The molecule has 0 aliphatic heterocycles. The quantitative estimate of drug-likeness (QED) is 0.776. The Morgan fingerprint density at radius 3 is 2.71 bits per heavy atom. The number of allylic oxidation sites excluding steroid dienone is 1. The van der Waals surface area contributed by atoms with Gasteiger partial charge in [-0.05, 0) is 29.5 Å². The molecule has 0 saturated carbocycles. The predicted octanol–water partition coefficient (Wildman–Crippen LogP) is 3.21. The van der Waals surface area contributed by atoms with Crippen molar-refractivity contribution in [2.45, 2.75) is 26.7 Å². The summed E-state index contributed by atoms with van der Waals surface area (Å²) in [5, 5.41) is 8.80. The molecular formula is C13H18O. The van der Waals surface area contributed by atoms with Gasteiger partial charge in [0.05, 0.1) is 6.61 Å². The van der Waals surface area contributed by atoms with Crippen LogP contribution in [0.3, 0.4) is 0 Å². The van der Waals surface area contributed by atoms with Gasteiger partial charge in [-0.25, -0.2) is 0 Å². The SMILES string of the molecule is C/C(=C\CO)c1cccc(C(C)C)c1. The van der Waals surface area contributed by atoms with Gasteiger partial charge >= 0.3 is 0 Å². The molecule has 0 aliphatic carbocycles. The van der Waals surface area contributed by atoms with Gasteiger partial charge in [0.25, 0.3) is 0 Å². The van der Waals surface area contributed by atoms with Crippen LogP contribution in [0.15, 0.2) is 30.3 Å². The van der Waals surface area contributed by atoms with Gasteiger partial charge in [-0.3, -0.25) is 0 Å². The van der Waals surface area contributed by atoms with Gasteiger partial charge in [-0.15, -0.1) is 0 Å². The largest absolute Gasteiger partial charge is 0.392 e. The first kappa shape index (κ1) is 11.0. The van der Waals surface area contributed by atoms with E-state index in [4.69, 9.17) is 5.11 Å². The first-order valence-corrected chi connectivity index (χ1v) is 5.03. The maximum absolute atomic E-state index is 8.80. The first-order chi connectivity index (χ1) is 6.65. The fourth-order valence-electron chi connectivity index (χ4n) is 1.40. The molecule has 0 atom stereocenters. The summed E-state index contributed by atoms with van der Waals surface area (Å²) in [5.41, 5.74) is 3.67. The highest BCUT2D eigenvalue weighted by molar-refractivity contribution is 5.64. The van der Waals surface area contributed by atoms with Crippen LogP contribution in [0.25, 0.3) is 5.57 Å². The number of hydrogen-bond acceptors (Lipinski definition) is 1. The number of hydrogen-bond donors (Lipinski definition) is 1. The first-order valence-electron chi connectivity index (χ1n) is 5.03. The monoisotopic (exact) mass is 190 g/mol. The van der Waals surface area contributed by atoms with Crippen LogP contribution in [-0.4, -0.2) is 11.7 Å². The summed E-state index contributed by atoms with van der Waals surface area (Å²) in [6.07, 6.45) is 1.83. The second-order valence-corrected chi connectivity index (χ2v) is 3.85. The van der Waals surface area contributed by atoms with Crippen molar-refractivity contribution in [1.82, 2.24) is 0 Å². The molecule has 0 aliphatic rings. The summed E-state index contributed by atoms with van der Waals surface area (Å²) in [6, 6.07) is 8.47. The lowest BCUT2D eigenvalue weighted by Crippen LogP contribution is -1.89. The van der Waals surface area contributed by atoms with E-state index in [-0.39, 0.29) is 6.61 Å². The van der Waals surface area contributed by atoms with Gasteiger partial charge in [0.1, 0.15) is 0 Å². The van der Waals surface area contributed by atoms with Gasteiger partial charge in [-0.2, -0.15) is 0 Å². The third-order valence-corrected chi connectivity index (χ3v) is 2.41. The molecule has 0 bridgehead atoms. The lowest BCUT2D eigenvalue weighted by atomic mass is 9.98. The van der Waals surface area contributed by atoms with Crippen molar-refractivity contribution in [3.63, 3.8) is 0 Å². The van der Waals surface area contributed by atoms with E-state index >= 15 is 0 Å². The van der Waals surface area contributed by atoms with Crippen molar-refractivity contribution in [2.24, 2.45) is 0 Å². The van der Waals surface area contributed by atoms with Gasteiger partial charge in [-0.1, -0.05) is 44.2 Å². The zero-order valence-corrected chi connectivity index (χ0v) is 9.12. The van der Waals surface area contributed by atoms with Crippen molar-refractivity contribution in [3.05, 3.63) is 41.5 Å². The van der Waals surface area contributed by atoms with Crippen LogP contribution >= 0.6 is 0 Å². The zero-order valence-electron chi connectivity index (χ0n) is 9.12. The molecule has 1 aromatic carbocycles. The van der Waals surface area contributed by atoms with Gasteiger partial charge < -0.3 is 5.11 Å². The van der Waals surface area contributed by atoms with Crippen molar-refractivity contribution in [2.75, 3.05) is 6.61 Å². The minimum Gasteiger partial charge on any atom is -0.392 e. The molecule has 0 aromatic heterocycles. The maximum atomic E-state index is 8.80. The topological polar surface area (TPSA) is 20.2 Å². The molecular weight excluding hydrogens is 172 g/mol. The van der Waals surface area contributed by atoms with Crippen molar-refractivity contribution in [1.29, 1.82) is 0 Å². The molecule has 1 N–H and O–H groups in total. The average Bonchev–Trinajstić information content (AvgIpc) is 2.18. The van der Waals surface area contributed by atoms with Crippen molar-refractivity contribution < 1.29 is 5.11 Å². The van der Waals surface area contributed by atoms with E-state index < -0.39 is 0 Å². The number of aliphatic hydroxyl groups is 1. The van der Waals surface area contributed by atoms with Crippen molar-refractivity contribution >= 4 is 5.57 Å². The predicted molar refractivity (Wildman–Crippen MR) is 61.3 cm³/mol. The minimum absolute atomic E-state index is 0.109. The smallest absolute Gasteiger partial charge is 0.0618 e. The molecule has 0 amide bonds. The van der Waals surface area contributed by atoms with E-state index in [1.54, 1.807) is 0 Å². The van der Waals surface area contributed by atoms with Gasteiger partial charge in [0.2, 0.25) is 0 Å². The van der Waals surface area contributed by atoms with Gasteiger partial charge in [0, 0.05) is 0 Å². The molecule has 1 rings (SSSR count). The summed E-state index contributed by atoms with van der Waals surface area (Å²) < 4.78 is 0. The normalized spacial score (nSPS) is 12.2. The molecule has 0 saturated heterocycles. The van der Waals surface area contributed by atoms with Crippen LogP contribution in [0.4, 0.5) is 0 Å². The summed E-state index contributed by atoms with van der Waals surface area (Å²) >= 11 is 0. The average molecular weight is 190 g/mol. The Bertz CT molecular complexity index is 324. The molecule has 0 fully saturated rings. The second-order valence-electron chi connectivity index (χ2n) is 3.85. The Balaban J connectivity index is 2.99. The molecule has 0 unspecified atom stereocenters. The Morgan fingerprint density at radius 1 is 1.43 bits per heavy atom. The van der Waals surface area contributed by atoms with Crippen molar-refractivity contribution in [3.8, 4) is 0 Å². The standard InChI is InChI=1S/C13H18O/c1-10(2)12-5-4-6-13(9-12)11(3)7-8-14/h4-7,9-10,14H,8H2,1-3H3/b11-7+. The van der Waals surface area contributed by atoms with E-state index in [2.05, 4.69) is 38.1 Å². The highest BCUT2D eigenvalue weighted by Gasteiger charge is 2.00. The molecule has 14 heavy (non-hydrogen) atoms. The third kappa shape index (κ3) is 2.71. The van der Waals surface area contributed by atoms with E-state index in [0.717, 1.165) is 5.57 Å². The third-order valence-electron chi connectivity index (χ3n) is 2.41. The maximum Gasteiger partial charge on any atom is 0.0618 e.